The number of amides is 1. The van der Waals surface area contributed by atoms with Crippen LogP contribution >= 0.6 is 0 Å². The van der Waals surface area contributed by atoms with E-state index in [0.717, 1.165) is 5.56 Å². The second-order valence-corrected chi connectivity index (χ2v) is 2.90. The molecule has 0 bridgehead atoms. The molecule has 15 heavy (non-hydrogen) atoms. The molecule has 1 heterocycles. The molecule has 78 valence electrons. The summed E-state index contributed by atoms with van der Waals surface area (Å²) in [4.78, 5) is 18.5. The van der Waals surface area contributed by atoms with Crippen LogP contribution in [0.25, 0.3) is 0 Å². The first kappa shape index (κ1) is 10.9. The highest BCUT2D eigenvalue weighted by molar-refractivity contribution is 6.11. The zero-order chi connectivity index (χ0) is 11.3. The maximum Gasteiger partial charge on any atom is 0.253 e. The molecular weight excluding hydrogens is 194 g/mol. The number of carbonyl (C=O) groups is 1. The molecule has 0 aliphatic heterocycles. The number of aliphatic hydroxyl groups is 1. The first-order valence-electron chi connectivity index (χ1n) is 4.24. The van der Waals surface area contributed by atoms with E-state index in [4.69, 9.17) is 10.8 Å². The van der Waals surface area contributed by atoms with Gasteiger partial charge in [0.2, 0.25) is 0 Å². The maximum absolute atomic E-state index is 10.7. The number of aromatic nitrogens is 1. The molecule has 0 atom stereocenters. The minimum absolute atomic E-state index is 0.0719. The number of nitrogens with zero attached hydrogens (tertiary/aromatic N) is 2. The van der Waals surface area contributed by atoms with Gasteiger partial charge in [-0.25, -0.2) is 9.98 Å². The van der Waals surface area contributed by atoms with Crippen LogP contribution in [0.3, 0.4) is 0 Å². The highest BCUT2D eigenvalue weighted by atomic mass is 16.2. The first-order chi connectivity index (χ1) is 7.13. The minimum Gasteiger partial charge on any atom is -0.515 e. The van der Waals surface area contributed by atoms with E-state index in [0.29, 0.717) is 12.1 Å². The van der Waals surface area contributed by atoms with Crippen molar-refractivity contribution in [2.45, 2.75) is 6.92 Å². The highest BCUT2D eigenvalue weighted by Crippen LogP contribution is 2.07. The molecule has 0 aliphatic rings. The Labute approximate surface area is 87.0 Å². The van der Waals surface area contributed by atoms with Gasteiger partial charge in [-0.15, -0.1) is 0 Å². The predicted octanol–water partition coefficient (Wildman–Crippen LogP) is 1.02. The average molecular weight is 205 g/mol. The molecule has 0 saturated carbocycles. The second-order valence-electron chi connectivity index (χ2n) is 2.90. The third kappa shape index (κ3) is 3.22. The van der Waals surface area contributed by atoms with Crippen molar-refractivity contribution in [1.29, 1.82) is 0 Å². The first-order valence-corrected chi connectivity index (χ1v) is 4.24. The Bertz CT molecular complexity index is 407. The molecule has 0 fully saturated rings. The van der Waals surface area contributed by atoms with Crippen LogP contribution in [0.5, 0.6) is 0 Å². The summed E-state index contributed by atoms with van der Waals surface area (Å²) in [6, 6.07) is 3.54. The zero-order valence-electron chi connectivity index (χ0n) is 8.21. The van der Waals surface area contributed by atoms with Gasteiger partial charge in [0, 0.05) is 12.4 Å². The Morgan fingerprint density at radius 2 is 2.33 bits per heavy atom. The normalized spacial score (nSPS) is 11.9. The lowest BCUT2D eigenvalue weighted by Gasteiger charge is -1.94. The van der Waals surface area contributed by atoms with E-state index in [1.807, 2.05) is 13.0 Å². The van der Waals surface area contributed by atoms with Crippen molar-refractivity contribution < 1.29 is 9.90 Å². The van der Waals surface area contributed by atoms with Gasteiger partial charge in [-0.05, 0) is 18.6 Å². The number of primary amides is 1. The molecule has 3 N–H and O–H groups in total. The van der Waals surface area contributed by atoms with Crippen LogP contribution in [0.1, 0.15) is 5.56 Å². The fraction of sp³-hybridized carbons (Fsp3) is 0.100. The van der Waals surface area contributed by atoms with E-state index in [1.165, 1.54) is 6.21 Å². The molecule has 1 aromatic rings. The van der Waals surface area contributed by atoms with E-state index < -0.39 is 5.91 Å². The van der Waals surface area contributed by atoms with Gasteiger partial charge in [-0.1, -0.05) is 6.07 Å². The Morgan fingerprint density at radius 3 is 2.80 bits per heavy atom. The van der Waals surface area contributed by atoms with Crippen LogP contribution in [0.2, 0.25) is 0 Å². The van der Waals surface area contributed by atoms with Gasteiger partial charge in [0.25, 0.3) is 5.91 Å². The molecule has 0 aliphatic carbocycles. The molecular formula is C10H11N3O2. The lowest BCUT2D eigenvalue weighted by atomic mass is 10.3. The number of pyridine rings is 1. The van der Waals surface area contributed by atoms with Crippen molar-refractivity contribution in [1.82, 2.24) is 4.98 Å². The Hall–Kier alpha value is -2.17. The van der Waals surface area contributed by atoms with Gasteiger partial charge in [-0.3, -0.25) is 4.79 Å². The fourth-order valence-corrected chi connectivity index (χ4v) is 0.833. The third-order valence-corrected chi connectivity index (χ3v) is 1.66. The monoisotopic (exact) mass is 205 g/mol. The smallest absolute Gasteiger partial charge is 0.253 e. The fourth-order valence-electron chi connectivity index (χ4n) is 0.833. The van der Waals surface area contributed by atoms with Crippen LogP contribution in [-0.2, 0) is 4.79 Å². The van der Waals surface area contributed by atoms with Crippen LogP contribution in [0.4, 0.5) is 5.82 Å². The van der Waals surface area contributed by atoms with Crippen LogP contribution in [0, 0.1) is 6.92 Å². The second kappa shape index (κ2) is 4.90. The molecule has 1 amide bonds. The molecule has 0 saturated heterocycles. The lowest BCUT2D eigenvalue weighted by molar-refractivity contribution is -0.114. The molecule has 0 unspecified atom stereocenters. The molecule has 5 heteroatoms. The number of hydrogen-bond donors (Lipinski definition) is 2. The number of rotatable bonds is 3. The number of aliphatic imine (C=N–C) groups is 1. The summed E-state index contributed by atoms with van der Waals surface area (Å²) in [5.41, 5.74) is 5.90. The summed E-state index contributed by atoms with van der Waals surface area (Å²) < 4.78 is 0. The molecule has 0 aromatic carbocycles. The Kier molecular flexibility index (Phi) is 3.56. The van der Waals surface area contributed by atoms with E-state index in [9.17, 15) is 4.79 Å². The van der Waals surface area contributed by atoms with Crippen molar-refractivity contribution in [3.05, 3.63) is 35.7 Å². The van der Waals surface area contributed by atoms with Crippen molar-refractivity contribution in [2.75, 3.05) is 0 Å². The molecule has 0 spiro atoms. The topological polar surface area (TPSA) is 88.6 Å². The van der Waals surface area contributed by atoms with Gasteiger partial charge < -0.3 is 10.8 Å². The van der Waals surface area contributed by atoms with Gasteiger partial charge in [0.05, 0.1) is 11.8 Å². The maximum atomic E-state index is 10.7. The van der Waals surface area contributed by atoms with Gasteiger partial charge in [-0.2, -0.15) is 0 Å². The standard InChI is InChI=1S/C10H11N3O2/c1-7-2-3-9(12-4-7)13-5-8(6-14)10(11)15/h2-6,14H,1H3,(H2,11,15)/b8-6+,13-5?. The third-order valence-electron chi connectivity index (χ3n) is 1.66. The Morgan fingerprint density at radius 1 is 1.60 bits per heavy atom. The molecule has 5 nitrogen and oxygen atoms in total. The van der Waals surface area contributed by atoms with Gasteiger partial charge in [0.1, 0.15) is 0 Å². The minimum atomic E-state index is -0.742. The van der Waals surface area contributed by atoms with Gasteiger partial charge >= 0.3 is 0 Å². The number of hydrogen-bond acceptors (Lipinski definition) is 4. The van der Waals surface area contributed by atoms with Crippen molar-refractivity contribution >= 4 is 17.9 Å². The average Bonchev–Trinajstić information content (AvgIpc) is 2.21. The molecule has 0 radical (unpaired) electrons. The number of nitrogens with two attached hydrogens (primary N) is 1. The summed E-state index contributed by atoms with van der Waals surface area (Å²) >= 11 is 0. The SMILES string of the molecule is Cc1ccc(N=C/C(=C\O)C(N)=O)nc1. The van der Waals surface area contributed by atoms with Gasteiger partial charge in [0.15, 0.2) is 5.82 Å². The Balaban J connectivity index is 2.81. The highest BCUT2D eigenvalue weighted by Gasteiger charge is 2.00. The summed E-state index contributed by atoms with van der Waals surface area (Å²) in [5.74, 6) is -0.297. The van der Waals surface area contributed by atoms with Crippen LogP contribution < -0.4 is 5.73 Å². The largest absolute Gasteiger partial charge is 0.515 e. The van der Waals surface area contributed by atoms with E-state index in [1.54, 1.807) is 12.3 Å². The van der Waals surface area contributed by atoms with Crippen LogP contribution in [0.15, 0.2) is 35.2 Å². The predicted molar refractivity (Wildman–Crippen MR) is 57.0 cm³/mol. The van der Waals surface area contributed by atoms with Crippen molar-refractivity contribution in [3.8, 4) is 0 Å². The summed E-state index contributed by atoms with van der Waals surface area (Å²) in [6.07, 6.45) is 3.43. The quantitative estimate of drug-likeness (QED) is 0.438. The summed E-state index contributed by atoms with van der Waals surface area (Å²) in [6.45, 7) is 1.91. The number of aliphatic hydroxyl groups excluding tert-OH is 1. The van der Waals surface area contributed by atoms with Crippen molar-refractivity contribution in [2.24, 2.45) is 10.7 Å². The van der Waals surface area contributed by atoms with Crippen LogP contribution in [-0.4, -0.2) is 22.2 Å². The van der Waals surface area contributed by atoms with E-state index in [2.05, 4.69) is 9.98 Å². The van der Waals surface area contributed by atoms with E-state index >= 15 is 0 Å². The summed E-state index contributed by atoms with van der Waals surface area (Å²) in [7, 11) is 0. The number of carbonyl (C=O) groups excluding carboxylic acids is 1. The number of aryl methyl sites for hydroxylation is 1. The lowest BCUT2D eigenvalue weighted by Crippen LogP contribution is -2.14. The van der Waals surface area contributed by atoms with Crippen molar-refractivity contribution in [3.63, 3.8) is 0 Å². The molecule has 1 rings (SSSR count). The molecule has 1 aromatic heterocycles. The summed E-state index contributed by atoms with van der Waals surface area (Å²) in [5, 5.41) is 8.64. The van der Waals surface area contributed by atoms with E-state index in [-0.39, 0.29) is 5.57 Å². The zero-order valence-corrected chi connectivity index (χ0v) is 8.21.